The Morgan fingerprint density at radius 3 is 1.48 bits per heavy atom. The molecule has 0 saturated heterocycles. The van der Waals surface area contributed by atoms with Crippen LogP contribution in [-0.4, -0.2) is 25.2 Å². The summed E-state index contributed by atoms with van der Waals surface area (Å²) in [7, 11) is 0. The van der Waals surface area contributed by atoms with Gasteiger partial charge in [-0.2, -0.15) is 0 Å². The van der Waals surface area contributed by atoms with E-state index in [2.05, 4.69) is 26.0 Å². The van der Waals surface area contributed by atoms with Crippen LogP contribution in [0, 0.1) is 40.9 Å². The fourth-order valence-electron chi connectivity index (χ4n) is 4.72. The molecular weight excluding hydrogens is 316 g/mol. The van der Waals surface area contributed by atoms with Gasteiger partial charge in [-0.25, -0.2) is 0 Å². The van der Waals surface area contributed by atoms with Crippen LogP contribution in [0.15, 0.2) is 12.2 Å². The highest BCUT2D eigenvalue weighted by atomic mass is 16.5. The SMILES string of the molecule is CCC1(CC)C2C=CC1C(C(=O)OCC(C)C)C2C(=O)OCC(C)C. The van der Waals surface area contributed by atoms with Crippen molar-refractivity contribution in [3.8, 4) is 0 Å². The second-order valence-electron chi connectivity index (χ2n) is 8.48. The summed E-state index contributed by atoms with van der Waals surface area (Å²) in [6.07, 6.45) is 6.19. The number of carbonyl (C=O) groups excluding carboxylic acids is 2. The van der Waals surface area contributed by atoms with Gasteiger partial charge >= 0.3 is 11.9 Å². The molecule has 0 heterocycles. The monoisotopic (exact) mass is 350 g/mol. The van der Waals surface area contributed by atoms with Gasteiger partial charge in [-0.05, 0) is 41.9 Å². The number of hydrogen-bond acceptors (Lipinski definition) is 4. The van der Waals surface area contributed by atoms with E-state index in [0.29, 0.717) is 13.2 Å². The Morgan fingerprint density at radius 1 is 0.840 bits per heavy atom. The van der Waals surface area contributed by atoms with Crippen LogP contribution in [0.5, 0.6) is 0 Å². The molecule has 2 rings (SSSR count). The average Bonchev–Trinajstić information content (AvgIpc) is 3.07. The lowest BCUT2D eigenvalue weighted by Gasteiger charge is -2.33. The Labute approximate surface area is 152 Å². The van der Waals surface area contributed by atoms with Gasteiger partial charge < -0.3 is 9.47 Å². The van der Waals surface area contributed by atoms with E-state index in [1.54, 1.807) is 0 Å². The number of fused-ring (bicyclic) bond motifs is 2. The molecule has 4 unspecified atom stereocenters. The summed E-state index contributed by atoms with van der Waals surface area (Å²) in [5, 5.41) is 0. The number of carbonyl (C=O) groups is 2. The molecule has 0 aliphatic heterocycles. The normalized spacial score (nSPS) is 29.4. The van der Waals surface area contributed by atoms with Crippen molar-refractivity contribution in [2.24, 2.45) is 40.9 Å². The average molecular weight is 350 g/mol. The number of hydrogen-bond donors (Lipinski definition) is 0. The molecule has 4 nitrogen and oxygen atoms in total. The molecule has 2 aliphatic rings. The largest absolute Gasteiger partial charge is 0.465 e. The number of allylic oxidation sites excluding steroid dienone is 2. The molecule has 4 atom stereocenters. The smallest absolute Gasteiger partial charge is 0.310 e. The third kappa shape index (κ3) is 3.63. The Balaban J connectivity index is 2.27. The van der Waals surface area contributed by atoms with E-state index in [1.807, 2.05) is 27.7 Å². The highest BCUT2D eigenvalue weighted by Gasteiger charge is 2.64. The maximum Gasteiger partial charge on any atom is 0.310 e. The molecule has 0 spiro atoms. The molecule has 25 heavy (non-hydrogen) atoms. The fraction of sp³-hybridized carbons (Fsp3) is 0.810. The summed E-state index contributed by atoms with van der Waals surface area (Å²) in [4.78, 5) is 25.7. The summed E-state index contributed by atoms with van der Waals surface area (Å²) in [5.41, 5.74) is -0.0248. The quantitative estimate of drug-likeness (QED) is 0.485. The van der Waals surface area contributed by atoms with Gasteiger partial charge in [0.2, 0.25) is 0 Å². The van der Waals surface area contributed by atoms with Crippen molar-refractivity contribution in [1.82, 2.24) is 0 Å². The fourth-order valence-corrected chi connectivity index (χ4v) is 4.72. The number of ether oxygens (including phenoxy) is 2. The molecular formula is C21H34O4. The van der Waals surface area contributed by atoms with E-state index in [-0.39, 0.29) is 41.0 Å². The molecule has 2 bridgehead atoms. The first-order valence-electron chi connectivity index (χ1n) is 9.80. The van der Waals surface area contributed by atoms with E-state index < -0.39 is 11.8 Å². The van der Waals surface area contributed by atoms with Crippen LogP contribution in [-0.2, 0) is 19.1 Å². The Bertz CT molecular complexity index is 474. The lowest BCUT2D eigenvalue weighted by molar-refractivity contribution is -0.162. The van der Waals surface area contributed by atoms with E-state index >= 15 is 0 Å². The molecule has 4 heteroatoms. The van der Waals surface area contributed by atoms with Crippen LogP contribution < -0.4 is 0 Å². The molecule has 0 radical (unpaired) electrons. The van der Waals surface area contributed by atoms with Crippen molar-refractivity contribution < 1.29 is 19.1 Å². The maximum atomic E-state index is 12.8. The van der Waals surface area contributed by atoms with Crippen LogP contribution in [0.1, 0.15) is 54.4 Å². The van der Waals surface area contributed by atoms with Crippen LogP contribution in [0.2, 0.25) is 0 Å². The zero-order valence-electron chi connectivity index (χ0n) is 16.6. The number of rotatable bonds is 8. The van der Waals surface area contributed by atoms with E-state index in [1.165, 1.54) is 0 Å². The predicted octanol–water partition coefficient (Wildman–Crippen LogP) is 4.24. The van der Waals surface area contributed by atoms with Crippen LogP contribution >= 0.6 is 0 Å². The van der Waals surface area contributed by atoms with Gasteiger partial charge in [0.25, 0.3) is 0 Å². The molecule has 0 amide bonds. The highest BCUT2D eigenvalue weighted by Crippen LogP contribution is 2.63. The molecule has 0 aromatic heterocycles. The zero-order valence-corrected chi connectivity index (χ0v) is 16.6. The summed E-state index contributed by atoms with van der Waals surface area (Å²) in [6, 6.07) is 0. The third-order valence-corrected chi connectivity index (χ3v) is 5.99. The van der Waals surface area contributed by atoms with E-state index in [0.717, 1.165) is 12.8 Å². The molecule has 142 valence electrons. The first-order valence-corrected chi connectivity index (χ1v) is 9.80. The molecule has 0 aromatic carbocycles. The Kier molecular flexibility index (Phi) is 6.34. The van der Waals surface area contributed by atoms with Gasteiger partial charge in [0.1, 0.15) is 0 Å². The Morgan fingerprint density at radius 2 is 1.20 bits per heavy atom. The molecule has 0 N–H and O–H groups in total. The molecule has 1 saturated carbocycles. The predicted molar refractivity (Wildman–Crippen MR) is 97.7 cm³/mol. The second-order valence-corrected chi connectivity index (χ2v) is 8.48. The molecule has 1 fully saturated rings. The minimum Gasteiger partial charge on any atom is -0.465 e. The van der Waals surface area contributed by atoms with Crippen molar-refractivity contribution in [2.45, 2.75) is 54.4 Å². The lowest BCUT2D eigenvalue weighted by Crippen LogP contribution is -2.36. The van der Waals surface area contributed by atoms with Gasteiger partial charge in [-0.15, -0.1) is 0 Å². The molecule has 2 aliphatic carbocycles. The summed E-state index contributed by atoms with van der Waals surface area (Å²) in [6.45, 7) is 13.2. The van der Waals surface area contributed by atoms with Crippen LogP contribution in [0.25, 0.3) is 0 Å². The van der Waals surface area contributed by atoms with Gasteiger partial charge in [-0.1, -0.05) is 53.7 Å². The van der Waals surface area contributed by atoms with E-state index in [4.69, 9.17) is 9.47 Å². The standard InChI is InChI=1S/C21H34O4/c1-7-21(8-2)15-9-10-16(21)18(20(23)25-12-14(5)6)17(15)19(22)24-11-13(3)4/h9-10,13-18H,7-8,11-12H2,1-6H3. The van der Waals surface area contributed by atoms with Crippen LogP contribution in [0.4, 0.5) is 0 Å². The third-order valence-electron chi connectivity index (χ3n) is 5.99. The van der Waals surface area contributed by atoms with Gasteiger partial charge in [0.05, 0.1) is 25.0 Å². The van der Waals surface area contributed by atoms with Crippen molar-refractivity contribution in [3.63, 3.8) is 0 Å². The zero-order chi connectivity index (χ0) is 18.8. The summed E-state index contributed by atoms with van der Waals surface area (Å²) >= 11 is 0. The van der Waals surface area contributed by atoms with Gasteiger partial charge in [0.15, 0.2) is 0 Å². The van der Waals surface area contributed by atoms with Crippen molar-refractivity contribution >= 4 is 11.9 Å². The summed E-state index contributed by atoms with van der Waals surface area (Å²) in [5.74, 6) is -0.571. The van der Waals surface area contributed by atoms with Crippen molar-refractivity contribution in [2.75, 3.05) is 13.2 Å². The van der Waals surface area contributed by atoms with Gasteiger partial charge in [-0.3, -0.25) is 9.59 Å². The highest BCUT2D eigenvalue weighted by molar-refractivity contribution is 5.85. The Hall–Kier alpha value is -1.32. The minimum atomic E-state index is -0.409. The topological polar surface area (TPSA) is 52.6 Å². The maximum absolute atomic E-state index is 12.8. The second kappa shape index (κ2) is 7.92. The first-order chi connectivity index (χ1) is 11.8. The van der Waals surface area contributed by atoms with Gasteiger partial charge in [0, 0.05) is 0 Å². The lowest BCUT2D eigenvalue weighted by atomic mass is 9.71. The summed E-state index contributed by atoms with van der Waals surface area (Å²) < 4.78 is 11.1. The number of esters is 2. The van der Waals surface area contributed by atoms with Crippen molar-refractivity contribution in [1.29, 1.82) is 0 Å². The minimum absolute atomic E-state index is 0.0248. The van der Waals surface area contributed by atoms with E-state index in [9.17, 15) is 9.59 Å². The molecule has 0 aromatic rings. The first kappa shape index (κ1) is 20.0. The van der Waals surface area contributed by atoms with Crippen molar-refractivity contribution in [3.05, 3.63) is 12.2 Å². The van der Waals surface area contributed by atoms with Crippen LogP contribution in [0.3, 0.4) is 0 Å².